The SMILES string of the molecule is COCCN(C)c1cnn(C2CCCN(Cc3cnc(C(C)C)s3)C2)c(=O)c1. The smallest absolute Gasteiger partial charge is 0.269 e. The Bertz CT molecular complexity index is 819. The van der Waals surface area contributed by atoms with Crippen LogP contribution < -0.4 is 10.5 Å². The number of ether oxygens (including phenoxy) is 1. The molecule has 1 aliphatic rings. The Balaban J connectivity index is 1.65. The van der Waals surface area contributed by atoms with Gasteiger partial charge in [-0.3, -0.25) is 9.69 Å². The Morgan fingerprint density at radius 2 is 2.21 bits per heavy atom. The minimum atomic E-state index is -0.0338. The van der Waals surface area contributed by atoms with E-state index in [0.29, 0.717) is 12.5 Å². The number of aromatic nitrogens is 3. The lowest BCUT2D eigenvalue weighted by Crippen LogP contribution is -2.40. The summed E-state index contributed by atoms with van der Waals surface area (Å²) >= 11 is 1.79. The molecule has 3 rings (SSSR count). The highest BCUT2D eigenvalue weighted by Gasteiger charge is 2.24. The fraction of sp³-hybridized carbons (Fsp3) is 0.650. The summed E-state index contributed by atoms with van der Waals surface area (Å²) in [5, 5.41) is 5.67. The van der Waals surface area contributed by atoms with Crippen molar-refractivity contribution in [2.24, 2.45) is 0 Å². The second-order valence-electron chi connectivity index (χ2n) is 7.76. The highest BCUT2D eigenvalue weighted by molar-refractivity contribution is 7.11. The standard InChI is InChI=1S/C20H31N5O2S/c1-15(2)20-21-12-18(28-20)14-24-7-5-6-16(13-24)25-19(26)10-17(11-22-25)23(3)8-9-27-4/h10-12,15-16H,5-9,13-14H2,1-4H3. The van der Waals surface area contributed by atoms with Crippen molar-refractivity contribution in [1.29, 1.82) is 0 Å². The van der Waals surface area contributed by atoms with Gasteiger partial charge >= 0.3 is 0 Å². The van der Waals surface area contributed by atoms with Gasteiger partial charge in [-0.2, -0.15) is 5.10 Å². The van der Waals surface area contributed by atoms with E-state index in [1.54, 1.807) is 35.4 Å². The zero-order chi connectivity index (χ0) is 20.1. The van der Waals surface area contributed by atoms with Gasteiger partial charge in [0, 0.05) is 56.9 Å². The van der Waals surface area contributed by atoms with Crippen molar-refractivity contribution >= 4 is 17.0 Å². The lowest BCUT2D eigenvalue weighted by molar-refractivity contribution is 0.161. The first-order valence-electron chi connectivity index (χ1n) is 9.93. The van der Waals surface area contributed by atoms with E-state index in [1.807, 2.05) is 18.1 Å². The fourth-order valence-corrected chi connectivity index (χ4v) is 4.47. The molecule has 0 N–H and O–H groups in total. The predicted octanol–water partition coefficient (Wildman–Crippen LogP) is 2.74. The molecule has 1 aliphatic heterocycles. The maximum absolute atomic E-state index is 12.7. The number of anilines is 1. The van der Waals surface area contributed by atoms with Crippen molar-refractivity contribution in [2.75, 3.05) is 45.3 Å². The van der Waals surface area contributed by atoms with Crippen LogP contribution in [0.15, 0.2) is 23.3 Å². The molecular weight excluding hydrogens is 374 g/mol. The zero-order valence-electron chi connectivity index (χ0n) is 17.3. The molecule has 0 aliphatic carbocycles. The highest BCUT2D eigenvalue weighted by atomic mass is 32.1. The zero-order valence-corrected chi connectivity index (χ0v) is 18.1. The van der Waals surface area contributed by atoms with E-state index in [4.69, 9.17) is 4.74 Å². The van der Waals surface area contributed by atoms with Gasteiger partial charge in [-0.25, -0.2) is 9.67 Å². The van der Waals surface area contributed by atoms with Crippen molar-refractivity contribution < 1.29 is 4.74 Å². The molecule has 0 bridgehead atoms. The summed E-state index contributed by atoms with van der Waals surface area (Å²) in [6.45, 7) is 8.49. The topological polar surface area (TPSA) is 63.5 Å². The first kappa shape index (κ1) is 21.0. The first-order chi connectivity index (χ1) is 13.5. The van der Waals surface area contributed by atoms with Gasteiger partial charge < -0.3 is 9.64 Å². The van der Waals surface area contributed by atoms with Crippen LogP contribution in [0.3, 0.4) is 0 Å². The summed E-state index contributed by atoms with van der Waals surface area (Å²) in [6, 6.07) is 1.80. The molecular formula is C20H31N5O2S. The molecule has 0 saturated carbocycles. The summed E-state index contributed by atoms with van der Waals surface area (Å²) in [7, 11) is 3.62. The molecule has 0 spiro atoms. The molecule has 1 fully saturated rings. The molecule has 3 heterocycles. The number of nitrogens with zero attached hydrogens (tertiary/aromatic N) is 5. The van der Waals surface area contributed by atoms with Crippen molar-refractivity contribution in [3.8, 4) is 0 Å². The monoisotopic (exact) mass is 405 g/mol. The lowest BCUT2D eigenvalue weighted by atomic mass is 10.1. The van der Waals surface area contributed by atoms with Crippen LogP contribution in [0, 0.1) is 0 Å². The van der Waals surface area contributed by atoms with Gasteiger partial charge in [0.05, 0.1) is 29.5 Å². The van der Waals surface area contributed by atoms with E-state index < -0.39 is 0 Å². The average molecular weight is 406 g/mol. The summed E-state index contributed by atoms with van der Waals surface area (Å²) in [6.07, 6.45) is 5.85. The van der Waals surface area contributed by atoms with Crippen LogP contribution in [0.2, 0.25) is 0 Å². The van der Waals surface area contributed by atoms with Crippen LogP contribution >= 0.6 is 11.3 Å². The Hall–Kier alpha value is -1.77. The molecule has 1 atom stereocenters. The van der Waals surface area contributed by atoms with E-state index in [9.17, 15) is 4.79 Å². The minimum absolute atomic E-state index is 0.0338. The van der Waals surface area contributed by atoms with E-state index in [0.717, 1.165) is 44.7 Å². The normalized spacial score (nSPS) is 18.0. The van der Waals surface area contributed by atoms with Crippen LogP contribution in [-0.2, 0) is 11.3 Å². The van der Waals surface area contributed by atoms with Gasteiger partial charge in [0.15, 0.2) is 0 Å². The molecule has 1 saturated heterocycles. The second-order valence-corrected chi connectivity index (χ2v) is 8.91. The largest absolute Gasteiger partial charge is 0.383 e. The summed E-state index contributed by atoms with van der Waals surface area (Å²) in [5.74, 6) is 0.469. The summed E-state index contributed by atoms with van der Waals surface area (Å²) in [4.78, 5) is 22.9. The van der Waals surface area contributed by atoms with Crippen molar-refractivity contribution in [1.82, 2.24) is 19.7 Å². The molecule has 1 unspecified atom stereocenters. The van der Waals surface area contributed by atoms with E-state index in [1.165, 1.54) is 9.88 Å². The van der Waals surface area contributed by atoms with Gasteiger partial charge in [0.1, 0.15) is 0 Å². The van der Waals surface area contributed by atoms with Gasteiger partial charge in [-0.15, -0.1) is 11.3 Å². The summed E-state index contributed by atoms with van der Waals surface area (Å²) in [5.41, 5.74) is 0.797. The van der Waals surface area contributed by atoms with Gasteiger partial charge in [0.2, 0.25) is 0 Å². The summed E-state index contributed by atoms with van der Waals surface area (Å²) < 4.78 is 6.76. The predicted molar refractivity (Wildman–Crippen MR) is 113 cm³/mol. The molecule has 0 amide bonds. The van der Waals surface area contributed by atoms with E-state index in [-0.39, 0.29) is 11.6 Å². The Morgan fingerprint density at radius 3 is 2.89 bits per heavy atom. The molecule has 2 aromatic rings. The van der Waals surface area contributed by atoms with Gasteiger partial charge in [0.25, 0.3) is 5.56 Å². The van der Waals surface area contributed by atoms with E-state index in [2.05, 4.69) is 28.8 Å². The number of likely N-dealkylation sites (tertiary alicyclic amines) is 1. The minimum Gasteiger partial charge on any atom is -0.383 e. The molecule has 154 valence electrons. The number of rotatable bonds is 8. The maximum Gasteiger partial charge on any atom is 0.269 e. The Kier molecular flexibility index (Phi) is 7.20. The van der Waals surface area contributed by atoms with Crippen molar-refractivity contribution in [3.63, 3.8) is 0 Å². The van der Waals surface area contributed by atoms with Crippen LogP contribution in [0.4, 0.5) is 5.69 Å². The molecule has 28 heavy (non-hydrogen) atoms. The number of hydrogen-bond donors (Lipinski definition) is 0. The fourth-order valence-electron chi connectivity index (χ4n) is 3.51. The lowest BCUT2D eigenvalue weighted by Gasteiger charge is -2.32. The third-order valence-electron chi connectivity index (χ3n) is 5.15. The van der Waals surface area contributed by atoms with Crippen LogP contribution in [-0.4, -0.2) is 60.1 Å². The van der Waals surface area contributed by atoms with Crippen LogP contribution in [0.1, 0.15) is 48.5 Å². The van der Waals surface area contributed by atoms with Crippen molar-refractivity contribution in [3.05, 3.63) is 38.7 Å². The van der Waals surface area contributed by atoms with Crippen LogP contribution in [0.5, 0.6) is 0 Å². The number of thiazole rings is 1. The van der Waals surface area contributed by atoms with Gasteiger partial charge in [-0.1, -0.05) is 13.8 Å². The molecule has 0 aromatic carbocycles. The maximum atomic E-state index is 12.7. The highest BCUT2D eigenvalue weighted by Crippen LogP contribution is 2.25. The second kappa shape index (κ2) is 9.62. The van der Waals surface area contributed by atoms with Crippen LogP contribution in [0.25, 0.3) is 0 Å². The first-order valence-corrected chi connectivity index (χ1v) is 10.8. The third-order valence-corrected chi connectivity index (χ3v) is 6.44. The quantitative estimate of drug-likeness (QED) is 0.673. The molecule has 7 nitrogen and oxygen atoms in total. The van der Waals surface area contributed by atoms with Crippen molar-refractivity contribution in [2.45, 2.75) is 45.2 Å². The number of piperidine rings is 1. The number of methoxy groups -OCH3 is 1. The van der Waals surface area contributed by atoms with E-state index >= 15 is 0 Å². The molecule has 8 heteroatoms. The number of hydrogen-bond acceptors (Lipinski definition) is 7. The third kappa shape index (κ3) is 5.18. The molecule has 2 aromatic heterocycles. The average Bonchev–Trinajstić information content (AvgIpc) is 3.15. The Morgan fingerprint density at radius 1 is 1.39 bits per heavy atom. The molecule has 0 radical (unpaired) electrons. The van der Waals surface area contributed by atoms with Gasteiger partial charge in [-0.05, 0) is 19.4 Å². The number of likely N-dealkylation sites (N-methyl/N-ethyl adjacent to an activating group) is 1. The Labute approximate surface area is 170 Å².